The maximum Gasteiger partial charge on any atom is 0.278 e. The minimum Gasteiger partial charge on any atom is -0.507 e. The Bertz CT molecular complexity index is 388. The van der Waals surface area contributed by atoms with Gasteiger partial charge in [0, 0.05) is 13.0 Å². The highest BCUT2D eigenvalue weighted by molar-refractivity contribution is 5.96. The van der Waals surface area contributed by atoms with Gasteiger partial charge in [-0.2, -0.15) is 0 Å². The van der Waals surface area contributed by atoms with Crippen molar-refractivity contribution in [2.24, 2.45) is 0 Å². The van der Waals surface area contributed by atoms with Crippen LogP contribution in [-0.4, -0.2) is 23.9 Å². The number of hydrogen-bond donors (Lipinski definition) is 2. The number of para-hydroxylation sites is 1. The summed E-state index contributed by atoms with van der Waals surface area (Å²) in [6.45, 7) is 0.650. The number of carbonyl (C=O) groups excluding carboxylic acids is 1. The summed E-state index contributed by atoms with van der Waals surface area (Å²) in [4.78, 5) is 16.8. The quantitative estimate of drug-likeness (QED) is 0.783. The van der Waals surface area contributed by atoms with Crippen LogP contribution >= 0.6 is 0 Å². The van der Waals surface area contributed by atoms with Gasteiger partial charge in [-0.15, -0.1) is 0 Å². The van der Waals surface area contributed by atoms with Gasteiger partial charge in [0.15, 0.2) is 6.29 Å². The zero-order valence-electron chi connectivity index (χ0n) is 9.39. The molecule has 1 fully saturated rings. The maximum atomic E-state index is 11.7. The van der Waals surface area contributed by atoms with Crippen molar-refractivity contribution >= 4 is 5.91 Å². The van der Waals surface area contributed by atoms with Crippen LogP contribution in [0.1, 0.15) is 29.6 Å². The van der Waals surface area contributed by atoms with Gasteiger partial charge in [-0.1, -0.05) is 12.1 Å². The summed E-state index contributed by atoms with van der Waals surface area (Å²) in [6.07, 6.45) is 2.42. The van der Waals surface area contributed by atoms with Gasteiger partial charge in [0.1, 0.15) is 5.75 Å². The second-order valence-electron chi connectivity index (χ2n) is 3.86. The van der Waals surface area contributed by atoms with Crippen LogP contribution in [0, 0.1) is 0 Å². The van der Waals surface area contributed by atoms with Crippen LogP contribution in [0.4, 0.5) is 0 Å². The van der Waals surface area contributed by atoms with Crippen LogP contribution in [0.3, 0.4) is 0 Å². The molecule has 0 unspecified atom stereocenters. The molecule has 1 aromatic carbocycles. The molecule has 5 nitrogen and oxygen atoms in total. The Hall–Kier alpha value is -1.59. The number of aromatic hydroxyl groups is 1. The number of benzene rings is 1. The van der Waals surface area contributed by atoms with E-state index >= 15 is 0 Å². The molecule has 0 aromatic heterocycles. The molecule has 5 heteroatoms. The second kappa shape index (κ2) is 5.65. The van der Waals surface area contributed by atoms with Crippen molar-refractivity contribution in [3.63, 3.8) is 0 Å². The molecule has 0 bridgehead atoms. The summed E-state index contributed by atoms with van der Waals surface area (Å²) >= 11 is 0. The molecule has 0 aliphatic carbocycles. The molecular weight excluding hydrogens is 222 g/mol. The van der Waals surface area contributed by atoms with Crippen LogP contribution in [0.2, 0.25) is 0 Å². The molecule has 1 amide bonds. The second-order valence-corrected chi connectivity index (χ2v) is 3.86. The van der Waals surface area contributed by atoms with Crippen LogP contribution in [0.5, 0.6) is 5.75 Å². The number of amides is 1. The average molecular weight is 237 g/mol. The third-order valence-corrected chi connectivity index (χ3v) is 2.57. The Morgan fingerprint density at radius 2 is 2.24 bits per heavy atom. The molecule has 92 valence electrons. The SMILES string of the molecule is O=C(NO[C@H]1CCCCO1)c1ccccc1O. The summed E-state index contributed by atoms with van der Waals surface area (Å²) in [6, 6.07) is 6.30. The van der Waals surface area contributed by atoms with Crippen LogP contribution in [0.15, 0.2) is 24.3 Å². The van der Waals surface area contributed by atoms with Gasteiger partial charge in [0.25, 0.3) is 5.91 Å². The van der Waals surface area contributed by atoms with Crippen molar-refractivity contribution in [1.29, 1.82) is 0 Å². The van der Waals surface area contributed by atoms with Gasteiger partial charge in [0.05, 0.1) is 5.56 Å². The van der Waals surface area contributed by atoms with Crippen molar-refractivity contribution < 1.29 is 19.5 Å². The van der Waals surface area contributed by atoms with Crippen LogP contribution < -0.4 is 5.48 Å². The van der Waals surface area contributed by atoms with Crippen molar-refractivity contribution in [2.75, 3.05) is 6.61 Å². The number of rotatable bonds is 3. The van der Waals surface area contributed by atoms with Crippen LogP contribution in [-0.2, 0) is 9.57 Å². The molecule has 1 aromatic rings. The van der Waals surface area contributed by atoms with E-state index in [-0.39, 0.29) is 11.3 Å². The predicted molar refractivity (Wildman–Crippen MR) is 60.2 cm³/mol. The van der Waals surface area contributed by atoms with E-state index in [0.29, 0.717) is 6.61 Å². The lowest BCUT2D eigenvalue weighted by Gasteiger charge is -2.22. The van der Waals surface area contributed by atoms with E-state index in [2.05, 4.69) is 5.48 Å². The standard InChI is InChI=1S/C12H15NO4/c14-10-6-2-1-5-9(10)12(15)13-17-11-7-3-4-8-16-11/h1-2,5-6,11,14H,3-4,7-8H2,(H,13,15)/t11-/m0/s1. The lowest BCUT2D eigenvalue weighted by molar-refractivity contribution is -0.186. The van der Waals surface area contributed by atoms with Crippen LogP contribution in [0.25, 0.3) is 0 Å². The van der Waals surface area contributed by atoms with E-state index in [1.807, 2.05) is 0 Å². The zero-order chi connectivity index (χ0) is 12.1. The van der Waals surface area contributed by atoms with E-state index < -0.39 is 12.2 Å². The molecule has 0 radical (unpaired) electrons. The van der Waals surface area contributed by atoms with Crippen molar-refractivity contribution in [1.82, 2.24) is 5.48 Å². The molecule has 1 aliphatic rings. The fourth-order valence-electron chi connectivity index (χ4n) is 1.64. The first kappa shape index (κ1) is 11.9. The van der Waals surface area contributed by atoms with Gasteiger partial charge in [0.2, 0.25) is 0 Å². The Balaban J connectivity index is 1.87. The highest BCUT2D eigenvalue weighted by Gasteiger charge is 2.17. The Morgan fingerprint density at radius 3 is 2.94 bits per heavy atom. The van der Waals surface area contributed by atoms with Crippen molar-refractivity contribution in [2.45, 2.75) is 25.6 Å². The van der Waals surface area contributed by atoms with Gasteiger partial charge in [-0.05, 0) is 25.0 Å². The predicted octanol–water partition coefficient (Wildman–Crippen LogP) is 1.58. The first-order chi connectivity index (χ1) is 8.27. The third-order valence-electron chi connectivity index (χ3n) is 2.57. The fourth-order valence-corrected chi connectivity index (χ4v) is 1.64. The first-order valence-corrected chi connectivity index (χ1v) is 5.63. The van der Waals surface area contributed by atoms with Gasteiger partial charge < -0.3 is 9.84 Å². The van der Waals surface area contributed by atoms with E-state index in [1.54, 1.807) is 12.1 Å². The molecule has 0 spiro atoms. The number of hydroxylamine groups is 1. The fraction of sp³-hybridized carbons (Fsp3) is 0.417. The molecular formula is C12H15NO4. The van der Waals surface area contributed by atoms with Crippen molar-refractivity contribution in [3.8, 4) is 5.75 Å². The lowest BCUT2D eigenvalue weighted by Crippen LogP contribution is -2.33. The molecule has 1 heterocycles. The van der Waals surface area contributed by atoms with Crippen molar-refractivity contribution in [3.05, 3.63) is 29.8 Å². The van der Waals surface area contributed by atoms with Gasteiger partial charge in [-0.25, -0.2) is 10.3 Å². The highest BCUT2D eigenvalue weighted by Crippen LogP contribution is 2.16. The smallest absolute Gasteiger partial charge is 0.278 e. The molecule has 1 saturated heterocycles. The topological polar surface area (TPSA) is 67.8 Å². The Labute approximate surface area is 99.3 Å². The molecule has 1 atom stereocenters. The van der Waals surface area contributed by atoms with Gasteiger partial charge in [-0.3, -0.25) is 4.79 Å². The number of phenols is 1. The molecule has 0 saturated carbocycles. The number of nitrogens with one attached hydrogen (secondary N) is 1. The summed E-state index contributed by atoms with van der Waals surface area (Å²) < 4.78 is 5.30. The largest absolute Gasteiger partial charge is 0.507 e. The van der Waals surface area contributed by atoms with E-state index in [0.717, 1.165) is 19.3 Å². The highest BCUT2D eigenvalue weighted by atomic mass is 16.8. The monoisotopic (exact) mass is 237 g/mol. The van der Waals surface area contributed by atoms with E-state index in [9.17, 15) is 9.90 Å². The third kappa shape index (κ3) is 3.18. The summed E-state index contributed by atoms with van der Waals surface area (Å²) in [5.41, 5.74) is 2.47. The molecule has 2 N–H and O–H groups in total. The normalized spacial score (nSPS) is 19.9. The number of hydrogen-bond acceptors (Lipinski definition) is 4. The number of phenolic OH excluding ortho intramolecular Hbond substituents is 1. The first-order valence-electron chi connectivity index (χ1n) is 5.63. The molecule has 1 aliphatic heterocycles. The lowest BCUT2D eigenvalue weighted by atomic mass is 10.2. The molecule has 2 rings (SSSR count). The maximum absolute atomic E-state index is 11.7. The minimum atomic E-state index is -0.475. The average Bonchev–Trinajstić information content (AvgIpc) is 2.38. The van der Waals surface area contributed by atoms with E-state index in [4.69, 9.17) is 9.57 Å². The number of carbonyl (C=O) groups is 1. The molecule has 17 heavy (non-hydrogen) atoms. The van der Waals surface area contributed by atoms with E-state index in [1.165, 1.54) is 12.1 Å². The Kier molecular flexibility index (Phi) is 3.95. The Morgan fingerprint density at radius 1 is 1.41 bits per heavy atom. The summed E-state index contributed by atoms with van der Waals surface area (Å²) in [5.74, 6) is -0.546. The summed E-state index contributed by atoms with van der Waals surface area (Å²) in [5, 5.41) is 9.47. The minimum absolute atomic E-state index is 0.0711. The van der Waals surface area contributed by atoms with Gasteiger partial charge >= 0.3 is 0 Å². The summed E-state index contributed by atoms with van der Waals surface area (Å²) in [7, 11) is 0. The zero-order valence-corrected chi connectivity index (χ0v) is 9.39. The number of ether oxygens (including phenoxy) is 1.